The lowest BCUT2D eigenvalue weighted by Gasteiger charge is -2.27. The van der Waals surface area contributed by atoms with Crippen LogP contribution >= 0.6 is 0 Å². The maximum Gasteiger partial charge on any atom is 0.121 e. The molecule has 1 aromatic carbocycles. The SMILES string of the molecule is CC1CCCC(Oc2cccc(C#N)c2)C1. The van der Waals surface area contributed by atoms with Crippen LogP contribution in [0.25, 0.3) is 0 Å². The smallest absolute Gasteiger partial charge is 0.121 e. The molecule has 0 amide bonds. The molecule has 16 heavy (non-hydrogen) atoms. The molecule has 2 atom stereocenters. The fraction of sp³-hybridized carbons (Fsp3) is 0.500. The summed E-state index contributed by atoms with van der Waals surface area (Å²) >= 11 is 0. The summed E-state index contributed by atoms with van der Waals surface area (Å²) in [6.07, 6.45) is 5.18. The first-order valence-electron chi connectivity index (χ1n) is 5.95. The van der Waals surface area contributed by atoms with Crippen molar-refractivity contribution in [1.82, 2.24) is 0 Å². The normalized spacial score (nSPS) is 24.8. The Morgan fingerprint density at radius 2 is 2.25 bits per heavy atom. The maximum atomic E-state index is 8.80. The van der Waals surface area contributed by atoms with Gasteiger partial charge in [-0.25, -0.2) is 0 Å². The highest BCUT2D eigenvalue weighted by molar-refractivity contribution is 5.36. The quantitative estimate of drug-likeness (QED) is 0.756. The van der Waals surface area contributed by atoms with E-state index >= 15 is 0 Å². The van der Waals surface area contributed by atoms with Crippen LogP contribution < -0.4 is 4.74 Å². The molecule has 84 valence electrons. The van der Waals surface area contributed by atoms with E-state index in [-0.39, 0.29) is 0 Å². The van der Waals surface area contributed by atoms with Crippen LogP contribution in [0.3, 0.4) is 0 Å². The summed E-state index contributed by atoms with van der Waals surface area (Å²) in [5.41, 5.74) is 0.668. The highest BCUT2D eigenvalue weighted by Crippen LogP contribution is 2.27. The molecule has 0 heterocycles. The fourth-order valence-corrected chi connectivity index (χ4v) is 2.32. The van der Waals surface area contributed by atoms with E-state index < -0.39 is 0 Å². The zero-order valence-corrected chi connectivity index (χ0v) is 9.65. The van der Waals surface area contributed by atoms with Gasteiger partial charge in [0.05, 0.1) is 17.7 Å². The van der Waals surface area contributed by atoms with E-state index in [1.54, 1.807) is 6.07 Å². The summed E-state index contributed by atoms with van der Waals surface area (Å²) in [6, 6.07) is 9.56. The van der Waals surface area contributed by atoms with Gasteiger partial charge < -0.3 is 4.74 Å². The van der Waals surface area contributed by atoms with Gasteiger partial charge in [-0.2, -0.15) is 5.26 Å². The standard InChI is InChI=1S/C14H17NO/c1-11-4-2-6-13(8-11)16-14-7-3-5-12(9-14)10-15/h3,5,7,9,11,13H,2,4,6,8H2,1H3. The van der Waals surface area contributed by atoms with Crippen LogP contribution in [-0.2, 0) is 0 Å². The number of nitrogens with zero attached hydrogens (tertiary/aromatic N) is 1. The second-order valence-electron chi connectivity index (χ2n) is 4.65. The van der Waals surface area contributed by atoms with Crippen molar-refractivity contribution >= 4 is 0 Å². The molecule has 1 aromatic rings. The van der Waals surface area contributed by atoms with Crippen LogP contribution in [0.4, 0.5) is 0 Å². The average molecular weight is 215 g/mol. The van der Waals surface area contributed by atoms with Crippen molar-refractivity contribution in [3.05, 3.63) is 29.8 Å². The van der Waals surface area contributed by atoms with Gasteiger partial charge in [-0.1, -0.05) is 19.4 Å². The van der Waals surface area contributed by atoms with E-state index in [0.717, 1.165) is 24.5 Å². The Bertz CT molecular complexity index is 394. The lowest BCUT2D eigenvalue weighted by molar-refractivity contribution is 0.129. The minimum absolute atomic E-state index is 0.331. The lowest BCUT2D eigenvalue weighted by atomic mass is 9.89. The van der Waals surface area contributed by atoms with Crippen molar-refractivity contribution in [1.29, 1.82) is 5.26 Å². The van der Waals surface area contributed by atoms with E-state index in [1.165, 1.54) is 12.8 Å². The Hall–Kier alpha value is -1.49. The molecule has 0 aromatic heterocycles. The van der Waals surface area contributed by atoms with Gasteiger partial charge in [-0.05, 0) is 43.4 Å². The Kier molecular flexibility index (Phi) is 3.46. The number of benzene rings is 1. The zero-order valence-electron chi connectivity index (χ0n) is 9.65. The molecule has 0 aliphatic heterocycles. The Morgan fingerprint density at radius 1 is 1.38 bits per heavy atom. The first-order valence-corrected chi connectivity index (χ1v) is 5.95. The van der Waals surface area contributed by atoms with Crippen LogP contribution in [-0.4, -0.2) is 6.10 Å². The second kappa shape index (κ2) is 5.03. The van der Waals surface area contributed by atoms with E-state index in [0.29, 0.717) is 11.7 Å². The predicted octanol–water partition coefficient (Wildman–Crippen LogP) is 3.52. The maximum absolute atomic E-state index is 8.80. The van der Waals surface area contributed by atoms with Crippen molar-refractivity contribution in [3.63, 3.8) is 0 Å². The monoisotopic (exact) mass is 215 g/mol. The van der Waals surface area contributed by atoms with Gasteiger partial charge in [-0.15, -0.1) is 0 Å². The molecule has 1 aliphatic rings. The molecule has 2 heteroatoms. The molecule has 1 aliphatic carbocycles. The average Bonchev–Trinajstić information content (AvgIpc) is 2.29. The number of rotatable bonds is 2. The molecule has 1 saturated carbocycles. The van der Waals surface area contributed by atoms with Gasteiger partial charge in [-0.3, -0.25) is 0 Å². The van der Waals surface area contributed by atoms with E-state index in [4.69, 9.17) is 10.00 Å². The van der Waals surface area contributed by atoms with Crippen LogP contribution in [0.15, 0.2) is 24.3 Å². The van der Waals surface area contributed by atoms with E-state index in [9.17, 15) is 0 Å². The third-order valence-electron chi connectivity index (χ3n) is 3.15. The van der Waals surface area contributed by atoms with Crippen molar-refractivity contribution in [2.75, 3.05) is 0 Å². The van der Waals surface area contributed by atoms with Crippen LogP contribution in [0.1, 0.15) is 38.2 Å². The zero-order chi connectivity index (χ0) is 11.4. The fourth-order valence-electron chi connectivity index (χ4n) is 2.32. The van der Waals surface area contributed by atoms with Crippen LogP contribution in [0, 0.1) is 17.2 Å². The number of hydrogen-bond donors (Lipinski definition) is 0. The second-order valence-corrected chi connectivity index (χ2v) is 4.65. The largest absolute Gasteiger partial charge is 0.490 e. The highest BCUT2D eigenvalue weighted by Gasteiger charge is 2.20. The molecule has 0 bridgehead atoms. The van der Waals surface area contributed by atoms with Gasteiger partial charge in [0.25, 0.3) is 0 Å². The van der Waals surface area contributed by atoms with Crippen molar-refractivity contribution in [3.8, 4) is 11.8 Å². The molecule has 2 nitrogen and oxygen atoms in total. The van der Waals surface area contributed by atoms with Crippen molar-refractivity contribution in [2.24, 2.45) is 5.92 Å². The summed E-state index contributed by atoms with van der Waals surface area (Å²) in [4.78, 5) is 0. The van der Waals surface area contributed by atoms with Crippen LogP contribution in [0.5, 0.6) is 5.75 Å². The predicted molar refractivity (Wildman–Crippen MR) is 63.2 cm³/mol. The van der Waals surface area contributed by atoms with E-state index in [1.807, 2.05) is 18.2 Å². The number of nitriles is 1. The Balaban J connectivity index is 2.00. The lowest BCUT2D eigenvalue weighted by Crippen LogP contribution is -2.24. The van der Waals surface area contributed by atoms with Crippen LogP contribution in [0.2, 0.25) is 0 Å². The summed E-state index contributed by atoms with van der Waals surface area (Å²) in [5.74, 6) is 1.59. The molecule has 2 rings (SSSR count). The molecular weight excluding hydrogens is 198 g/mol. The Morgan fingerprint density at radius 3 is 3.00 bits per heavy atom. The van der Waals surface area contributed by atoms with Crippen molar-refractivity contribution in [2.45, 2.75) is 38.7 Å². The third-order valence-corrected chi connectivity index (χ3v) is 3.15. The number of hydrogen-bond acceptors (Lipinski definition) is 2. The van der Waals surface area contributed by atoms with Gasteiger partial charge in [0.1, 0.15) is 5.75 Å². The van der Waals surface area contributed by atoms with Gasteiger partial charge in [0.15, 0.2) is 0 Å². The molecular formula is C14H17NO. The molecule has 1 fully saturated rings. The van der Waals surface area contributed by atoms with Gasteiger partial charge in [0.2, 0.25) is 0 Å². The summed E-state index contributed by atoms with van der Waals surface area (Å²) < 4.78 is 5.92. The topological polar surface area (TPSA) is 33.0 Å². The number of ether oxygens (including phenoxy) is 1. The molecule has 0 N–H and O–H groups in total. The minimum atomic E-state index is 0.331. The van der Waals surface area contributed by atoms with Crippen molar-refractivity contribution < 1.29 is 4.74 Å². The first-order chi connectivity index (χ1) is 7.78. The summed E-state index contributed by atoms with van der Waals surface area (Å²) in [6.45, 7) is 2.28. The Labute approximate surface area is 96.9 Å². The van der Waals surface area contributed by atoms with Gasteiger partial charge in [0, 0.05) is 0 Å². The molecule has 0 radical (unpaired) electrons. The minimum Gasteiger partial charge on any atom is -0.490 e. The molecule has 2 unspecified atom stereocenters. The summed E-state index contributed by atoms with van der Waals surface area (Å²) in [5, 5.41) is 8.80. The summed E-state index contributed by atoms with van der Waals surface area (Å²) in [7, 11) is 0. The highest BCUT2D eigenvalue weighted by atomic mass is 16.5. The molecule has 0 saturated heterocycles. The van der Waals surface area contributed by atoms with E-state index in [2.05, 4.69) is 13.0 Å². The third kappa shape index (κ3) is 2.76. The molecule has 0 spiro atoms. The van der Waals surface area contributed by atoms with Gasteiger partial charge >= 0.3 is 0 Å². The first kappa shape index (κ1) is 11.0.